The average Bonchev–Trinajstić information content (AvgIpc) is 2.98. The number of aryl methyl sites for hydroxylation is 1. The molecule has 0 fully saturated rings. The fraction of sp³-hybridized carbons (Fsp3) is 0.364. The summed E-state index contributed by atoms with van der Waals surface area (Å²) in [5, 5.41) is 0. The van der Waals surface area contributed by atoms with Gasteiger partial charge in [-0.1, -0.05) is 6.92 Å². The van der Waals surface area contributed by atoms with Gasteiger partial charge in [0.15, 0.2) is 6.61 Å². The van der Waals surface area contributed by atoms with Crippen molar-refractivity contribution in [2.45, 2.75) is 33.7 Å². The Bertz CT molecular complexity index is 857. The highest BCUT2D eigenvalue weighted by Gasteiger charge is 2.16. The maximum atomic E-state index is 12.4. The molecule has 0 saturated carbocycles. The molecule has 150 valence electrons. The number of rotatable bonds is 9. The van der Waals surface area contributed by atoms with Crippen molar-refractivity contribution in [1.82, 2.24) is 4.57 Å². The fourth-order valence-electron chi connectivity index (χ4n) is 3.00. The van der Waals surface area contributed by atoms with Gasteiger partial charge in [-0.2, -0.15) is 0 Å². The fourth-order valence-corrected chi connectivity index (χ4v) is 3.00. The molecule has 0 aliphatic rings. The second-order valence-corrected chi connectivity index (χ2v) is 6.45. The summed E-state index contributed by atoms with van der Waals surface area (Å²) in [4.78, 5) is 24.4. The number of Topliss-reactive ketones (excluding diaryl/α,β-unsaturated/α-hetero) is 1. The van der Waals surface area contributed by atoms with Crippen LogP contribution in [-0.2, 0) is 16.1 Å². The lowest BCUT2D eigenvalue weighted by molar-refractivity contribution is -0.136. The average molecular weight is 385 g/mol. The Kier molecular flexibility index (Phi) is 7.44. The summed E-state index contributed by atoms with van der Waals surface area (Å²) in [6.07, 6.45) is 3.85. The van der Waals surface area contributed by atoms with E-state index >= 15 is 0 Å². The van der Waals surface area contributed by atoms with Crippen LogP contribution in [0.4, 0.5) is 0 Å². The number of benzene rings is 1. The van der Waals surface area contributed by atoms with E-state index in [0.29, 0.717) is 17.1 Å². The molecule has 28 heavy (non-hydrogen) atoms. The van der Waals surface area contributed by atoms with E-state index in [2.05, 4.69) is 11.5 Å². The van der Waals surface area contributed by atoms with E-state index in [9.17, 15) is 9.59 Å². The van der Waals surface area contributed by atoms with Crippen LogP contribution in [0.25, 0.3) is 6.08 Å². The summed E-state index contributed by atoms with van der Waals surface area (Å²) in [6, 6.07) is 7.11. The first-order chi connectivity index (χ1) is 13.4. The third kappa shape index (κ3) is 5.25. The Hall–Kier alpha value is -3.02. The van der Waals surface area contributed by atoms with Crippen LogP contribution in [0.5, 0.6) is 11.5 Å². The lowest BCUT2D eigenvalue weighted by Gasteiger charge is -2.07. The van der Waals surface area contributed by atoms with Crippen molar-refractivity contribution in [3.05, 3.63) is 52.9 Å². The molecular weight excluding hydrogens is 358 g/mol. The van der Waals surface area contributed by atoms with Crippen molar-refractivity contribution >= 4 is 17.8 Å². The number of ether oxygens (including phenoxy) is 3. The van der Waals surface area contributed by atoms with E-state index in [1.165, 1.54) is 6.08 Å². The first-order valence-corrected chi connectivity index (χ1v) is 9.17. The smallest absolute Gasteiger partial charge is 0.331 e. The summed E-state index contributed by atoms with van der Waals surface area (Å²) in [5.41, 5.74) is 3.25. The molecule has 0 unspecified atom stereocenters. The zero-order chi connectivity index (χ0) is 20.7. The van der Waals surface area contributed by atoms with Crippen LogP contribution in [0, 0.1) is 13.8 Å². The Morgan fingerprint density at radius 2 is 1.68 bits per heavy atom. The zero-order valence-electron chi connectivity index (χ0n) is 17.1. The quantitative estimate of drug-likeness (QED) is 0.371. The van der Waals surface area contributed by atoms with Gasteiger partial charge >= 0.3 is 5.97 Å². The molecule has 0 radical (unpaired) electrons. The summed E-state index contributed by atoms with van der Waals surface area (Å²) in [6.45, 7) is 6.54. The standard InChI is InChI=1S/C22H27NO5/c1-6-9-23-15(2)10-20(16(23)3)21(24)14-28-22(25)8-7-17-11-18(26-4)13-19(12-17)27-5/h7-8,10-13H,6,9,14H2,1-5H3/b8-7+. The second-order valence-electron chi connectivity index (χ2n) is 6.45. The van der Waals surface area contributed by atoms with E-state index in [4.69, 9.17) is 14.2 Å². The van der Waals surface area contributed by atoms with Crippen LogP contribution in [-0.4, -0.2) is 37.1 Å². The van der Waals surface area contributed by atoms with E-state index in [0.717, 1.165) is 29.9 Å². The van der Waals surface area contributed by atoms with Gasteiger partial charge in [0.05, 0.1) is 14.2 Å². The molecule has 1 aromatic carbocycles. The van der Waals surface area contributed by atoms with Crippen LogP contribution in [0.15, 0.2) is 30.3 Å². The van der Waals surface area contributed by atoms with Crippen molar-refractivity contribution < 1.29 is 23.8 Å². The molecule has 0 amide bonds. The molecular formula is C22H27NO5. The molecule has 0 atom stereocenters. The van der Waals surface area contributed by atoms with Gasteiger partial charge < -0.3 is 18.8 Å². The normalized spacial score (nSPS) is 10.9. The van der Waals surface area contributed by atoms with Gasteiger partial charge in [-0.3, -0.25) is 4.79 Å². The number of nitrogens with zero attached hydrogens (tertiary/aromatic N) is 1. The van der Waals surface area contributed by atoms with E-state index in [-0.39, 0.29) is 12.4 Å². The highest BCUT2D eigenvalue weighted by atomic mass is 16.5. The van der Waals surface area contributed by atoms with Crippen LogP contribution < -0.4 is 9.47 Å². The number of hydrogen-bond donors (Lipinski definition) is 0. The van der Waals surface area contributed by atoms with E-state index in [1.807, 2.05) is 19.9 Å². The van der Waals surface area contributed by atoms with Gasteiger partial charge in [-0.05, 0) is 50.1 Å². The van der Waals surface area contributed by atoms with Gasteiger partial charge in [0.2, 0.25) is 5.78 Å². The maximum Gasteiger partial charge on any atom is 0.331 e. The first-order valence-electron chi connectivity index (χ1n) is 9.17. The SMILES string of the molecule is CCCn1c(C)cc(C(=O)COC(=O)/C=C/c2cc(OC)cc(OC)c2)c1C. The zero-order valence-corrected chi connectivity index (χ0v) is 17.1. The minimum Gasteiger partial charge on any atom is -0.497 e. The number of methoxy groups -OCH3 is 2. The van der Waals surface area contributed by atoms with Gasteiger partial charge in [0, 0.05) is 35.6 Å². The third-order valence-corrected chi connectivity index (χ3v) is 4.45. The molecule has 2 aromatic rings. The molecule has 0 aliphatic carbocycles. The minimum absolute atomic E-state index is 0.208. The third-order valence-electron chi connectivity index (χ3n) is 4.45. The number of hydrogen-bond acceptors (Lipinski definition) is 5. The Morgan fingerprint density at radius 1 is 1.04 bits per heavy atom. The second kappa shape index (κ2) is 9.78. The molecule has 0 aliphatic heterocycles. The van der Waals surface area contributed by atoms with Crippen molar-refractivity contribution in [2.75, 3.05) is 20.8 Å². The van der Waals surface area contributed by atoms with Crippen LogP contribution in [0.3, 0.4) is 0 Å². The predicted molar refractivity (Wildman–Crippen MR) is 108 cm³/mol. The molecule has 1 heterocycles. The number of aromatic nitrogens is 1. The maximum absolute atomic E-state index is 12.4. The highest BCUT2D eigenvalue weighted by Crippen LogP contribution is 2.23. The number of carbonyl (C=O) groups excluding carboxylic acids is 2. The lowest BCUT2D eigenvalue weighted by atomic mass is 10.1. The van der Waals surface area contributed by atoms with Crippen LogP contribution in [0.1, 0.15) is 40.7 Å². The molecule has 0 N–H and O–H groups in total. The van der Waals surface area contributed by atoms with E-state index < -0.39 is 5.97 Å². The first kappa shape index (κ1) is 21.3. The van der Waals surface area contributed by atoms with Gasteiger partial charge in [-0.25, -0.2) is 4.79 Å². The number of carbonyl (C=O) groups is 2. The highest BCUT2D eigenvalue weighted by molar-refractivity contribution is 6.00. The van der Waals surface area contributed by atoms with Crippen molar-refractivity contribution in [3.63, 3.8) is 0 Å². The molecule has 0 spiro atoms. The molecule has 0 saturated heterocycles. The number of esters is 1. The molecule has 0 bridgehead atoms. The summed E-state index contributed by atoms with van der Waals surface area (Å²) >= 11 is 0. The topological polar surface area (TPSA) is 66.8 Å². The summed E-state index contributed by atoms with van der Waals surface area (Å²) < 4.78 is 17.6. The Labute approximate surface area is 165 Å². The molecule has 6 heteroatoms. The summed E-state index contributed by atoms with van der Waals surface area (Å²) in [5.74, 6) is 0.438. The van der Waals surface area contributed by atoms with Gasteiger partial charge in [0.25, 0.3) is 0 Å². The monoisotopic (exact) mass is 385 g/mol. The molecule has 2 rings (SSSR count). The summed E-state index contributed by atoms with van der Waals surface area (Å²) in [7, 11) is 3.11. The lowest BCUT2D eigenvalue weighted by Crippen LogP contribution is -2.13. The van der Waals surface area contributed by atoms with Crippen molar-refractivity contribution in [1.29, 1.82) is 0 Å². The van der Waals surface area contributed by atoms with Crippen LogP contribution >= 0.6 is 0 Å². The van der Waals surface area contributed by atoms with Crippen molar-refractivity contribution in [3.8, 4) is 11.5 Å². The largest absolute Gasteiger partial charge is 0.497 e. The predicted octanol–water partition coefficient (Wildman–Crippen LogP) is 3.97. The minimum atomic E-state index is -0.586. The molecule has 1 aromatic heterocycles. The van der Waals surface area contributed by atoms with Crippen molar-refractivity contribution in [2.24, 2.45) is 0 Å². The Balaban J connectivity index is 2.00. The van der Waals surface area contributed by atoms with E-state index in [1.54, 1.807) is 38.5 Å². The number of ketones is 1. The Morgan fingerprint density at radius 3 is 2.25 bits per heavy atom. The van der Waals surface area contributed by atoms with Crippen LogP contribution in [0.2, 0.25) is 0 Å². The van der Waals surface area contributed by atoms with Gasteiger partial charge in [0.1, 0.15) is 11.5 Å². The van der Waals surface area contributed by atoms with Gasteiger partial charge in [-0.15, -0.1) is 0 Å². The molecule has 6 nitrogen and oxygen atoms in total.